The van der Waals surface area contributed by atoms with Crippen LogP contribution in [0.3, 0.4) is 0 Å². The third-order valence-electron chi connectivity index (χ3n) is 3.65. The average Bonchev–Trinajstić information content (AvgIpc) is 2.94. The van der Waals surface area contributed by atoms with Crippen molar-refractivity contribution in [1.82, 2.24) is 9.80 Å². The van der Waals surface area contributed by atoms with Gasteiger partial charge >= 0.3 is 0 Å². The van der Waals surface area contributed by atoms with Gasteiger partial charge in [-0.25, -0.2) is 0 Å². The number of benzene rings is 1. The molecule has 4 heteroatoms. The van der Waals surface area contributed by atoms with Gasteiger partial charge in [0.1, 0.15) is 0 Å². The number of nitrogens with zero attached hydrogens (tertiary/aromatic N) is 2. The van der Waals surface area contributed by atoms with Crippen LogP contribution in [0.25, 0.3) is 0 Å². The number of carbonyl (C=O) groups is 1. The molecule has 2 rings (SSSR count). The zero-order valence-corrected chi connectivity index (χ0v) is 11.6. The predicted octanol–water partition coefficient (Wildman–Crippen LogP) is 1.71. The molecule has 1 saturated heterocycles. The smallest absolute Gasteiger partial charge is 0.236 e. The highest BCUT2D eigenvalue weighted by Crippen LogP contribution is 2.11. The quantitative estimate of drug-likeness (QED) is 0.821. The number of nitrogens with two attached hydrogens (primary N) is 1. The predicted molar refractivity (Wildman–Crippen MR) is 77.6 cm³/mol. The van der Waals surface area contributed by atoms with Crippen LogP contribution in [0.15, 0.2) is 24.3 Å². The molecule has 1 fully saturated rings. The maximum atomic E-state index is 12.1. The number of hydrogen-bond acceptors (Lipinski definition) is 3. The molecule has 2 N–H and O–H groups in total. The lowest BCUT2D eigenvalue weighted by Gasteiger charge is -2.23. The summed E-state index contributed by atoms with van der Waals surface area (Å²) < 4.78 is 0. The lowest BCUT2D eigenvalue weighted by atomic mass is 10.2. The second kappa shape index (κ2) is 6.57. The lowest BCUT2D eigenvalue weighted by molar-refractivity contribution is -0.131. The van der Waals surface area contributed by atoms with Crippen molar-refractivity contribution in [2.75, 3.05) is 31.9 Å². The molecule has 1 aromatic carbocycles. The third kappa shape index (κ3) is 3.96. The van der Waals surface area contributed by atoms with Crippen molar-refractivity contribution in [2.24, 2.45) is 0 Å². The van der Waals surface area contributed by atoms with Gasteiger partial charge in [-0.1, -0.05) is 19.1 Å². The van der Waals surface area contributed by atoms with Crippen LogP contribution < -0.4 is 5.73 Å². The zero-order chi connectivity index (χ0) is 13.7. The van der Waals surface area contributed by atoms with E-state index in [2.05, 4.69) is 11.8 Å². The van der Waals surface area contributed by atoms with E-state index in [-0.39, 0.29) is 5.91 Å². The Labute approximate surface area is 115 Å². The molecule has 0 spiro atoms. The van der Waals surface area contributed by atoms with E-state index in [4.69, 9.17) is 5.73 Å². The van der Waals surface area contributed by atoms with Crippen molar-refractivity contribution < 1.29 is 4.79 Å². The molecule has 0 radical (unpaired) electrons. The Morgan fingerprint density at radius 1 is 1.26 bits per heavy atom. The van der Waals surface area contributed by atoms with Crippen molar-refractivity contribution in [1.29, 1.82) is 0 Å². The Hall–Kier alpha value is -1.55. The zero-order valence-electron chi connectivity index (χ0n) is 11.6. The minimum atomic E-state index is 0.259. The highest BCUT2D eigenvalue weighted by atomic mass is 16.2. The fraction of sp³-hybridized carbons (Fsp3) is 0.533. The van der Waals surface area contributed by atoms with Crippen LogP contribution in [-0.4, -0.2) is 41.9 Å². The van der Waals surface area contributed by atoms with Gasteiger partial charge in [0.25, 0.3) is 0 Å². The summed E-state index contributed by atoms with van der Waals surface area (Å²) in [6.45, 7) is 6.15. The molecule has 104 valence electrons. The molecule has 0 bridgehead atoms. The van der Waals surface area contributed by atoms with Gasteiger partial charge in [0.2, 0.25) is 5.91 Å². The van der Waals surface area contributed by atoms with Crippen LogP contribution in [-0.2, 0) is 11.3 Å². The molecule has 1 heterocycles. The number of nitrogen functional groups attached to an aromatic ring is 1. The Morgan fingerprint density at radius 2 is 1.89 bits per heavy atom. The first-order valence-corrected chi connectivity index (χ1v) is 7.03. The van der Waals surface area contributed by atoms with Gasteiger partial charge in [0.15, 0.2) is 0 Å². The minimum absolute atomic E-state index is 0.259. The number of likely N-dealkylation sites (tertiary alicyclic amines) is 1. The van der Waals surface area contributed by atoms with Crippen molar-refractivity contribution in [3.05, 3.63) is 29.8 Å². The summed E-state index contributed by atoms with van der Waals surface area (Å²) in [4.78, 5) is 16.3. The van der Waals surface area contributed by atoms with Crippen LogP contribution in [0.2, 0.25) is 0 Å². The minimum Gasteiger partial charge on any atom is -0.399 e. The van der Waals surface area contributed by atoms with Gasteiger partial charge in [-0.15, -0.1) is 0 Å². The Bertz CT molecular complexity index is 410. The van der Waals surface area contributed by atoms with E-state index < -0.39 is 0 Å². The molecule has 0 unspecified atom stereocenters. The molecule has 0 saturated carbocycles. The molecule has 1 aromatic rings. The van der Waals surface area contributed by atoms with Gasteiger partial charge in [-0.3, -0.25) is 9.69 Å². The van der Waals surface area contributed by atoms with E-state index >= 15 is 0 Å². The maximum absolute atomic E-state index is 12.1. The van der Waals surface area contributed by atoms with Crippen molar-refractivity contribution in [2.45, 2.75) is 26.3 Å². The van der Waals surface area contributed by atoms with Crippen molar-refractivity contribution in [3.8, 4) is 0 Å². The number of carbonyl (C=O) groups excluding carboxylic acids is 1. The van der Waals surface area contributed by atoms with Crippen molar-refractivity contribution >= 4 is 11.6 Å². The third-order valence-corrected chi connectivity index (χ3v) is 3.65. The van der Waals surface area contributed by atoms with Crippen LogP contribution in [0.1, 0.15) is 25.3 Å². The summed E-state index contributed by atoms with van der Waals surface area (Å²) in [6, 6.07) is 7.87. The molecular weight excluding hydrogens is 238 g/mol. The van der Waals surface area contributed by atoms with Gasteiger partial charge < -0.3 is 10.6 Å². The fourth-order valence-corrected chi connectivity index (χ4v) is 2.42. The second-order valence-electron chi connectivity index (χ2n) is 5.13. The Morgan fingerprint density at radius 3 is 2.47 bits per heavy atom. The normalized spacial score (nSPS) is 15.2. The van der Waals surface area contributed by atoms with Crippen LogP contribution in [0.4, 0.5) is 5.69 Å². The molecular formula is C15H23N3O. The van der Waals surface area contributed by atoms with E-state index in [0.29, 0.717) is 6.54 Å². The fourth-order valence-electron chi connectivity index (χ4n) is 2.42. The number of amides is 1. The first kappa shape index (κ1) is 13.9. The van der Waals surface area contributed by atoms with Crippen LogP contribution in [0.5, 0.6) is 0 Å². The molecule has 0 atom stereocenters. The summed E-state index contributed by atoms with van der Waals surface area (Å²) in [7, 11) is 0. The molecule has 0 aliphatic carbocycles. The first-order chi connectivity index (χ1) is 9.19. The molecule has 1 aliphatic rings. The summed E-state index contributed by atoms with van der Waals surface area (Å²) >= 11 is 0. The van der Waals surface area contributed by atoms with Gasteiger partial charge in [0.05, 0.1) is 6.54 Å². The monoisotopic (exact) mass is 261 g/mol. The molecule has 1 amide bonds. The maximum Gasteiger partial charge on any atom is 0.236 e. The Kier molecular flexibility index (Phi) is 4.80. The topological polar surface area (TPSA) is 49.6 Å². The molecule has 0 aromatic heterocycles. The van der Waals surface area contributed by atoms with Crippen molar-refractivity contribution in [3.63, 3.8) is 0 Å². The van der Waals surface area contributed by atoms with E-state index in [0.717, 1.165) is 44.7 Å². The number of anilines is 1. The second-order valence-corrected chi connectivity index (χ2v) is 5.13. The van der Waals surface area contributed by atoms with Crippen LogP contribution in [0, 0.1) is 0 Å². The first-order valence-electron chi connectivity index (χ1n) is 7.03. The highest BCUT2D eigenvalue weighted by molar-refractivity contribution is 5.78. The number of likely N-dealkylation sites (N-methyl/N-ethyl adjacent to an activating group) is 1. The molecule has 4 nitrogen and oxygen atoms in total. The summed E-state index contributed by atoms with van der Waals surface area (Å²) in [5.41, 5.74) is 7.66. The van der Waals surface area contributed by atoms with Crippen LogP contribution >= 0.6 is 0 Å². The standard InChI is InChI=1S/C15H23N3O/c1-2-17(11-13-5-7-14(16)8-6-13)12-15(19)18-9-3-4-10-18/h5-8H,2-4,9-12,16H2,1H3. The molecule has 19 heavy (non-hydrogen) atoms. The van der Waals surface area contributed by atoms with Gasteiger partial charge in [0, 0.05) is 25.3 Å². The van der Waals surface area contributed by atoms with Gasteiger partial charge in [-0.2, -0.15) is 0 Å². The number of hydrogen-bond donors (Lipinski definition) is 1. The summed E-state index contributed by atoms with van der Waals surface area (Å²) in [5.74, 6) is 0.259. The van der Waals surface area contributed by atoms with Gasteiger partial charge in [-0.05, 0) is 37.1 Å². The average molecular weight is 261 g/mol. The van der Waals surface area contributed by atoms with E-state index in [9.17, 15) is 4.79 Å². The van der Waals surface area contributed by atoms with E-state index in [1.54, 1.807) is 0 Å². The highest BCUT2D eigenvalue weighted by Gasteiger charge is 2.19. The largest absolute Gasteiger partial charge is 0.399 e. The van der Waals surface area contributed by atoms with E-state index in [1.165, 1.54) is 5.56 Å². The summed E-state index contributed by atoms with van der Waals surface area (Å²) in [5, 5.41) is 0. The number of rotatable bonds is 5. The summed E-state index contributed by atoms with van der Waals surface area (Å²) in [6.07, 6.45) is 2.30. The van der Waals surface area contributed by atoms with E-state index in [1.807, 2.05) is 29.2 Å². The lowest BCUT2D eigenvalue weighted by Crippen LogP contribution is -2.38. The molecule has 1 aliphatic heterocycles. The SMILES string of the molecule is CCN(CC(=O)N1CCCC1)Cc1ccc(N)cc1. The Balaban J connectivity index is 1.88.